The molecule has 1 amide bonds. The Balaban J connectivity index is 1.77. The summed E-state index contributed by atoms with van der Waals surface area (Å²) < 4.78 is 10.9. The number of amides is 1. The molecule has 23 heavy (non-hydrogen) atoms. The minimum atomic E-state index is -0.585. The van der Waals surface area contributed by atoms with Gasteiger partial charge in [0.05, 0.1) is 24.3 Å². The van der Waals surface area contributed by atoms with E-state index in [1.165, 1.54) is 18.2 Å². The van der Waals surface area contributed by atoms with Gasteiger partial charge in [-0.3, -0.25) is 14.9 Å². The average Bonchev–Trinajstić information content (AvgIpc) is 3.08. The number of furan rings is 1. The van der Waals surface area contributed by atoms with Gasteiger partial charge < -0.3 is 14.1 Å². The third kappa shape index (κ3) is 3.20. The van der Waals surface area contributed by atoms with Crippen molar-refractivity contribution in [3.05, 3.63) is 63.1 Å². The van der Waals surface area contributed by atoms with E-state index in [-0.39, 0.29) is 22.7 Å². The van der Waals surface area contributed by atoms with Crippen LogP contribution in [-0.4, -0.2) is 35.4 Å². The molecule has 0 unspecified atom stereocenters. The van der Waals surface area contributed by atoms with Crippen LogP contribution >= 0.6 is 11.6 Å². The molecule has 1 saturated heterocycles. The van der Waals surface area contributed by atoms with Gasteiger partial charge >= 0.3 is 0 Å². The summed E-state index contributed by atoms with van der Waals surface area (Å²) in [6, 6.07) is 7.51. The Morgan fingerprint density at radius 3 is 2.87 bits per heavy atom. The zero-order valence-electron chi connectivity index (χ0n) is 12.0. The summed E-state index contributed by atoms with van der Waals surface area (Å²) in [4.78, 5) is 24.4. The topological polar surface area (TPSA) is 85.8 Å². The average molecular weight is 337 g/mol. The molecule has 1 aromatic heterocycles. The second-order valence-corrected chi connectivity index (χ2v) is 5.46. The fourth-order valence-corrected chi connectivity index (χ4v) is 2.70. The molecular formula is C15H13ClN2O5. The highest BCUT2D eigenvalue weighted by molar-refractivity contribution is 6.33. The first-order chi connectivity index (χ1) is 11.1. The standard InChI is InChI=1S/C15H13ClN2O5/c16-11-8-10(3-4-12(11)18(20)21)15(19)17-5-7-23-14(9-17)13-2-1-6-22-13/h1-4,6,8,14H,5,7,9H2/t14-/m0/s1. The lowest BCUT2D eigenvalue weighted by Gasteiger charge is -2.32. The minimum Gasteiger partial charge on any atom is -0.467 e. The van der Waals surface area contributed by atoms with E-state index < -0.39 is 4.92 Å². The van der Waals surface area contributed by atoms with Crippen molar-refractivity contribution in [2.45, 2.75) is 6.10 Å². The molecule has 120 valence electrons. The Kier molecular flexibility index (Phi) is 4.31. The summed E-state index contributed by atoms with van der Waals surface area (Å²) in [5.41, 5.74) is 0.0827. The van der Waals surface area contributed by atoms with Crippen molar-refractivity contribution in [1.29, 1.82) is 0 Å². The van der Waals surface area contributed by atoms with E-state index >= 15 is 0 Å². The van der Waals surface area contributed by atoms with Crippen molar-refractivity contribution >= 4 is 23.2 Å². The lowest BCUT2D eigenvalue weighted by atomic mass is 10.1. The molecule has 1 atom stereocenters. The van der Waals surface area contributed by atoms with E-state index in [4.69, 9.17) is 20.8 Å². The number of nitro benzene ring substituents is 1. The number of halogens is 1. The van der Waals surface area contributed by atoms with Crippen LogP contribution in [0.25, 0.3) is 0 Å². The van der Waals surface area contributed by atoms with Gasteiger partial charge in [-0.15, -0.1) is 0 Å². The number of carbonyl (C=O) groups excluding carboxylic acids is 1. The van der Waals surface area contributed by atoms with E-state index in [0.29, 0.717) is 31.0 Å². The van der Waals surface area contributed by atoms with E-state index in [9.17, 15) is 14.9 Å². The molecule has 1 fully saturated rings. The molecule has 0 bridgehead atoms. The van der Waals surface area contributed by atoms with Crippen LogP contribution in [-0.2, 0) is 4.74 Å². The van der Waals surface area contributed by atoms with Gasteiger partial charge in [-0.2, -0.15) is 0 Å². The van der Waals surface area contributed by atoms with Gasteiger partial charge in [-0.05, 0) is 24.3 Å². The molecular weight excluding hydrogens is 324 g/mol. The zero-order valence-corrected chi connectivity index (χ0v) is 12.7. The molecule has 2 heterocycles. The predicted octanol–water partition coefficient (Wildman–Crippen LogP) is 3.05. The van der Waals surface area contributed by atoms with Gasteiger partial charge in [0.15, 0.2) is 0 Å². The van der Waals surface area contributed by atoms with Gasteiger partial charge in [0.1, 0.15) is 16.9 Å². The zero-order chi connectivity index (χ0) is 16.4. The Hall–Kier alpha value is -2.38. The maximum Gasteiger partial charge on any atom is 0.287 e. The first-order valence-corrected chi connectivity index (χ1v) is 7.32. The Labute approximate surface area is 136 Å². The summed E-state index contributed by atoms with van der Waals surface area (Å²) in [6.45, 7) is 1.17. The van der Waals surface area contributed by atoms with Crippen LogP contribution in [0.3, 0.4) is 0 Å². The molecule has 2 aromatic rings. The maximum atomic E-state index is 12.6. The predicted molar refractivity (Wildman–Crippen MR) is 81.4 cm³/mol. The van der Waals surface area contributed by atoms with Gasteiger partial charge in [0, 0.05) is 18.2 Å². The SMILES string of the molecule is O=C(c1ccc([N+](=O)[O-])c(Cl)c1)N1CCO[C@H](c2ccco2)C1. The normalized spacial score (nSPS) is 18.0. The lowest BCUT2D eigenvalue weighted by Crippen LogP contribution is -2.42. The third-order valence-corrected chi connectivity index (χ3v) is 3.91. The highest BCUT2D eigenvalue weighted by Crippen LogP contribution is 2.27. The van der Waals surface area contributed by atoms with Crippen LogP contribution in [0.2, 0.25) is 5.02 Å². The number of carbonyl (C=O) groups is 1. The Morgan fingerprint density at radius 1 is 1.39 bits per heavy atom. The van der Waals surface area contributed by atoms with Crippen molar-refractivity contribution in [1.82, 2.24) is 4.90 Å². The van der Waals surface area contributed by atoms with Crippen molar-refractivity contribution in [2.24, 2.45) is 0 Å². The molecule has 0 saturated carbocycles. The summed E-state index contributed by atoms with van der Waals surface area (Å²) >= 11 is 5.87. The molecule has 3 rings (SSSR count). The van der Waals surface area contributed by atoms with E-state index in [2.05, 4.69) is 0 Å². The monoisotopic (exact) mass is 336 g/mol. The summed E-state index contributed by atoms with van der Waals surface area (Å²) in [5, 5.41) is 10.7. The number of hydrogen-bond acceptors (Lipinski definition) is 5. The molecule has 1 aromatic carbocycles. The second-order valence-electron chi connectivity index (χ2n) is 5.05. The third-order valence-electron chi connectivity index (χ3n) is 3.61. The minimum absolute atomic E-state index is 0.0586. The molecule has 7 nitrogen and oxygen atoms in total. The fourth-order valence-electron chi connectivity index (χ4n) is 2.45. The molecule has 0 N–H and O–H groups in total. The number of nitrogens with zero attached hydrogens (tertiary/aromatic N) is 2. The van der Waals surface area contributed by atoms with Crippen molar-refractivity contribution in [3.8, 4) is 0 Å². The van der Waals surface area contributed by atoms with Crippen molar-refractivity contribution in [2.75, 3.05) is 19.7 Å². The summed E-state index contributed by atoms with van der Waals surface area (Å²) in [5.74, 6) is 0.408. The van der Waals surface area contributed by atoms with Gasteiger partial charge in [0.2, 0.25) is 0 Å². The van der Waals surface area contributed by atoms with Gasteiger partial charge in [-0.1, -0.05) is 11.6 Å². The van der Waals surface area contributed by atoms with E-state index in [1.807, 2.05) is 0 Å². The van der Waals surface area contributed by atoms with Crippen LogP contribution in [0.4, 0.5) is 5.69 Å². The Bertz CT molecular complexity index is 731. The van der Waals surface area contributed by atoms with Crippen molar-refractivity contribution < 1.29 is 18.9 Å². The quantitative estimate of drug-likeness (QED) is 0.635. The Morgan fingerprint density at radius 2 is 2.22 bits per heavy atom. The maximum absolute atomic E-state index is 12.6. The molecule has 0 spiro atoms. The second kappa shape index (κ2) is 6.39. The summed E-state index contributed by atoms with van der Waals surface area (Å²) in [7, 11) is 0. The van der Waals surface area contributed by atoms with Crippen LogP contribution < -0.4 is 0 Å². The number of rotatable bonds is 3. The van der Waals surface area contributed by atoms with E-state index in [1.54, 1.807) is 23.3 Å². The van der Waals surface area contributed by atoms with E-state index in [0.717, 1.165) is 0 Å². The van der Waals surface area contributed by atoms with Crippen LogP contribution in [0.15, 0.2) is 41.0 Å². The lowest BCUT2D eigenvalue weighted by molar-refractivity contribution is -0.384. The van der Waals surface area contributed by atoms with Gasteiger partial charge in [-0.25, -0.2) is 0 Å². The number of morpholine rings is 1. The number of benzene rings is 1. The van der Waals surface area contributed by atoms with Crippen LogP contribution in [0.1, 0.15) is 22.2 Å². The smallest absolute Gasteiger partial charge is 0.287 e. The number of hydrogen-bond donors (Lipinski definition) is 0. The fraction of sp³-hybridized carbons (Fsp3) is 0.267. The van der Waals surface area contributed by atoms with Crippen LogP contribution in [0, 0.1) is 10.1 Å². The highest BCUT2D eigenvalue weighted by atomic mass is 35.5. The molecule has 0 aliphatic carbocycles. The molecule has 1 aliphatic rings. The first kappa shape index (κ1) is 15.5. The van der Waals surface area contributed by atoms with Crippen molar-refractivity contribution in [3.63, 3.8) is 0 Å². The molecule has 0 radical (unpaired) electrons. The molecule has 8 heteroatoms. The largest absolute Gasteiger partial charge is 0.467 e. The number of nitro groups is 1. The first-order valence-electron chi connectivity index (χ1n) is 6.94. The van der Waals surface area contributed by atoms with Crippen LogP contribution in [0.5, 0.6) is 0 Å². The number of ether oxygens (including phenoxy) is 1. The summed E-state index contributed by atoms with van der Waals surface area (Å²) in [6.07, 6.45) is 1.23. The highest BCUT2D eigenvalue weighted by Gasteiger charge is 2.28. The van der Waals surface area contributed by atoms with Gasteiger partial charge in [0.25, 0.3) is 11.6 Å². The molecule has 1 aliphatic heterocycles.